The van der Waals surface area contributed by atoms with E-state index in [1.54, 1.807) is 0 Å². The zero-order valence-electron chi connectivity index (χ0n) is 26.5. The van der Waals surface area contributed by atoms with Gasteiger partial charge in [-0.3, -0.25) is 0 Å². The minimum absolute atomic E-state index is 0.365. The Morgan fingerprint density at radius 3 is 0.609 bits per heavy atom. The average Bonchev–Trinajstić information content (AvgIpc) is 3.14. The fourth-order valence-electron chi connectivity index (χ4n) is 6.24. The van der Waals surface area contributed by atoms with Crippen molar-refractivity contribution in [3.05, 3.63) is 182 Å². The summed E-state index contributed by atoms with van der Waals surface area (Å²) in [5.41, 5.74) is 0. The Labute approximate surface area is 281 Å². The molecule has 6 rings (SSSR count). The topological polar surface area (TPSA) is 0 Å². The van der Waals surface area contributed by atoms with E-state index in [2.05, 4.69) is 182 Å². The fraction of sp³-hybridized carbons (Fsp3) is 0.143. The first-order valence-corrected chi connectivity index (χ1v) is 23.5. The van der Waals surface area contributed by atoms with Gasteiger partial charge in [-0.15, -0.1) is 0 Å². The van der Waals surface area contributed by atoms with Crippen LogP contribution in [0.4, 0.5) is 0 Å². The number of hydrogen-bond acceptors (Lipinski definition) is 0. The zero-order chi connectivity index (χ0) is 31.2. The van der Waals surface area contributed by atoms with Crippen LogP contribution in [0, 0.1) is 0 Å². The molecule has 46 heavy (non-hydrogen) atoms. The van der Waals surface area contributed by atoms with Crippen LogP contribution >= 0.6 is 23.8 Å². The molecule has 0 nitrogen and oxygen atoms in total. The van der Waals surface area contributed by atoms with Crippen molar-refractivity contribution in [2.45, 2.75) is 18.1 Å². The molecule has 0 amide bonds. The van der Waals surface area contributed by atoms with E-state index in [1.807, 2.05) is 0 Å². The van der Waals surface area contributed by atoms with Gasteiger partial charge in [-0.1, -0.05) is 200 Å². The van der Waals surface area contributed by atoms with E-state index in [-0.39, 0.29) is 23.8 Å². The minimum atomic E-state index is -1.09. The maximum absolute atomic E-state index is 2.36. The summed E-state index contributed by atoms with van der Waals surface area (Å²) in [5, 5.41) is 9.10. The van der Waals surface area contributed by atoms with Gasteiger partial charge in [-0.25, -0.2) is 0 Å². The lowest BCUT2D eigenvalue weighted by molar-refractivity contribution is 1.25. The molecule has 0 atom stereocenters. The van der Waals surface area contributed by atoms with E-state index in [9.17, 15) is 0 Å². The fourth-order valence-corrected chi connectivity index (χ4v) is 20.2. The Hall–Kier alpha value is -3.17. The molecule has 0 saturated heterocycles. The molecule has 0 saturated carbocycles. The van der Waals surface area contributed by atoms with Gasteiger partial charge in [0.15, 0.2) is 0 Å². The molecule has 4 heteroatoms. The molecule has 0 heterocycles. The predicted molar refractivity (Wildman–Crippen MR) is 213 cm³/mol. The molecule has 0 aromatic heterocycles. The maximum atomic E-state index is 2.36. The van der Waals surface area contributed by atoms with Gasteiger partial charge >= 0.3 is 0 Å². The third-order valence-electron chi connectivity index (χ3n) is 8.69. The first-order valence-electron chi connectivity index (χ1n) is 16.5. The van der Waals surface area contributed by atoms with Gasteiger partial charge in [0.05, 0.1) is 0 Å². The Morgan fingerprint density at radius 2 is 0.435 bits per heavy atom. The molecule has 0 aliphatic carbocycles. The third-order valence-corrected chi connectivity index (χ3v) is 21.1. The standard InChI is InChI=1S/C42H43P3Si/c1-7-19-37(20-8-1)43(38-21-9-2-10-22-38)31-34-46(35-32-44(39-23-11-3-12-24-39)40-25-13-4-14-26-40)36-33-45(41-27-15-5-16-28-41)42-29-17-6-18-30-42/h1-30,46H,31-36H2. The summed E-state index contributed by atoms with van der Waals surface area (Å²) in [6.07, 6.45) is 3.89. The van der Waals surface area contributed by atoms with Crippen LogP contribution in [0.3, 0.4) is 0 Å². The van der Waals surface area contributed by atoms with E-state index in [0.29, 0.717) is 0 Å². The molecule has 0 fully saturated rings. The van der Waals surface area contributed by atoms with Crippen LogP contribution in [0.15, 0.2) is 182 Å². The highest BCUT2D eigenvalue weighted by molar-refractivity contribution is 7.74. The summed E-state index contributed by atoms with van der Waals surface area (Å²) < 4.78 is 0. The van der Waals surface area contributed by atoms with Gasteiger partial charge in [0.2, 0.25) is 0 Å². The molecule has 6 aromatic rings. The second-order valence-corrected chi connectivity index (χ2v) is 22.2. The van der Waals surface area contributed by atoms with E-state index in [0.717, 1.165) is 0 Å². The van der Waals surface area contributed by atoms with E-state index in [4.69, 9.17) is 0 Å². The minimum Gasteiger partial charge on any atom is -0.0622 e. The second-order valence-electron chi connectivity index (χ2n) is 11.7. The van der Waals surface area contributed by atoms with Gasteiger partial charge in [0.25, 0.3) is 0 Å². The monoisotopic (exact) mass is 668 g/mol. The van der Waals surface area contributed by atoms with Gasteiger partial charge < -0.3 is 0 Å². The molecule has 0 aliphatic heterocycles. The Morgan fingerprint density at radius 1 is 0.261 bits per heavy atom. The predicted octanol–water partition coefficient (Wildman–Crippen LogP) is 8.61. The van der Waals surface area contributed by atoms with Crippen LogP contribution in [0.25, 0.3) is 0 Å². The summed E-state index contributed by atoms with van der Waals surface area (Å²) in [5.74, 6) is 0. The quantitative estimate of drug-likeness (QED) is 0.0760. The van der Waals surface area contributed by atoms with Crippen molar-refractivity contribution < 1.29 is 0 Å². The van der Waals surface area contributed by atoms with E-state index < -0.39 is 8.80 Å². The van der Waals surface area contributed by atoms with Crippen LogP contribution in [0.5, 0.6) is 0 Å². The molecule has 0 unspecified atom stereocenters. The van der Waals surface area contributed by atoms with Crippen molar-refractivity contribution in [2.75, 3.05) is 18.5 Å². The highest BCUT2D eigenvalue weighted by Gasteiger charge is 2.23. The molecular formula is C42H43P3Si. The Bertz CT molecular complexity index is 1360. The van der Waals surface area contributed by atoms with Crippen molar-refractivity contribution in [3.8, 4) is 0 Å². The average molecular weight is 669 g/mol. The summed E-state index contributed by atoms with van der Waals surface area (Å²) in [7, 11) is -2.19. The molecule has 230 valence electrons. The maximum Gasteiger partial charge on any atom is 0.0378 e. The lowest BCUT2D eigenvalue weighted by atomic mass is 10.4. The van der Waals surface area contributed by atoms with Crippen LogP contribution in [-0.2, 0) is 0 Å². The van der Waals surface area contributed by atoms with Crippen LogP contribution in [-0.4, -0.2) is 27.3 Å². The molecular weight excluding hydrogens is 625 g/mol. The first kappa shape index (κ1) is 32.8. The highest BCUT2D eigenvalue weighted by atomic mass is 31.1. The molecule has 6 aromatic carbocycles. The summed E-state index contributed by atoms with van der Waals surface area (Å²) in [4.78, 5) is 0. The lowest BCUT2D eigenvalue weighted by Gasteiger charge is -2.26. The van der Waals surface area contributed by atoms with Crippen molar-refractivity contribution in [3.63, 3.8) is 0 Å². The number of rotatable bonds is 15. The molecule has 0 N–H and O–H groups in total. The smallest absolute Gasteiger partial charge is 0.0378 e. The largest absolute Gasteiger partial charge is 0.0622 e. The third kappa shape index (κ3) is 9.22. The normalized spacial score (nSPS) is 11.5. The molecule has 0 radical (unpaired) electrons. The van der Waals surface area contributed by atoms with Crippen molar-refractivity contribution in [2.24, 2.45) is 0 Å². The highest BCUT2D eigenvalue weighted by Crippen LogP contribution is 2.40. The zero-order valence-corrected chi connectivity index (χ0v) is 30.3. The lowest BCUT2D eigenvalue weighted by Crippen LogP contribution is -2.24. The summed E-state index contributed by atoms with van der Waals surface area (Å²) in [6, 6.07) is 72.2. The number of hydrogen-bond donors (Lipinski definition) is 0. The molecule has 0 bridgehead atoms. The van der Waals surface area contributed by atoms with Gasteiger partial charge in [0.1, 0.15) is 0 Å². The van der Waals surface area contributed by atoms with Crippen LogP contribution in [0.2, 0.25) is 18.1 Å². The van der Waals surface area contributed by atoms with Crippen molar-refractivity contribution >= 4 is 64.4 Å². The van der Waals surface area contributed by atoms with Gasteiger partial charge in [-0.2, -0.15) is 0 Å². The van der Waals surface area contributed by atoms with Gasteiger partial charge in [0, 0.05) is 8.80 Å². The van der Waals surface area contributed by atoms with E-state index in [1.165, 1.54) is 68.4 Å². The number of benzene rings is 6. The van der Waals surface area contributed by atoms with Crippen LogP contribution < -0.4 is 31.8 Å². The van der Waals surface area contributed by atoms with Crippen LogP contribution in [0.1, 0.15) is 0 Å². The van der Waals surface area contributed by atoms with Crippen molar-refractivity contribution in [1.82, 2.24) is 0 Å². The Kier molecular flexibility index (Phi) is 12.6. The first-order chi connectivity index (χ1) is 22.8. The van der Waals surface area contributed by atoms with Gasteiger partial charge in [-0.05, 0) is 74.1 Å². The Balaban J connectivity index is 1.27. The molecule has 0 aliphatic rings. The van der Waals surface area contributed by atoms with E-state index >= 15 is 0 Å². The summed E-state index contributed by atoms with van der Waals surface area (Å²) >= 11 is 0. The summed E-state index contributed by atoms with van der Waals surface area (Å²) in [6.45, 7) is 0. The molecule has 0 spiro atoms. The van der Waals surface area contributed by atoms with Crippen molar-refractivity contribution in [1.29, 1.82) is 0 Å². The SMILES string of the molecule is c1ccc(P(CC[SiH](CCP(c2ccccc2)c2ccccc2)CCP(c2ccccc2)c2ccccc2)c2ccccc2)cc1. The second kappa shape index (κ2) is 17.7.